The van der Waals surface area contributed by atoms with Gasteiger partial charge in [-0.25, -0.2) is 4.98 Å². The van der Waals surface area contributed by atoms with Crippen molar-refractivity contribution in [3.05, 3.63) is 44.9 Å². The summed E-state index contributed by atoms with van der Waals surface area (Å²) in [5.74, 6) is 0.356. The van der Waals surface area contributed by atoms with E-state index in [9.17, 15) is 10.1 Å². The lowest BCUT2D eigenvalue weighted by atomic mass is 10.2. The SMILES string of the molecule is Cc1[nH]ncc1CNc1cc([N+](=O)[O-])cc(Cl)n1. The smallest absolute Gasteiger partial charge is 0.276 e. The maximum Gasteiger partial charge on any atom is 0.276 e. The fourth-order valence-corrected chi connectivity index (χ4v) is 1.62. The average Bonchev–Trinajstić information content (AvgIpc) is 2.71. The Morgan fingerprint density at radius 2 is 2.33 bits per heavy atom. The Balaban J connectivity index is 2.14. The van der Waals surface area contributed by atoms with Crippen molar-refractivity contribution >= 4 is 23.1 Å². The van der Waals surface area contributed by atoms with Gasteiger partial charge in [0.2, 0.25) is 0 Å². The summed E-state index contributed by atoms with van der Waals surface area (Å²) in [5.41, 5.74) is 1.79. The molecule has 2 N–H and O–H groups in total. The fraction of sp³-hybridized carbons (Fsp3) is 0.200. The molecular weight excluding hydrogens is 258 g/mol. The van der Waals surface area contributed by atoms with Gasteiger partial charge in [0.25, 0.3) is 5.69 Å². The van der Waals surface area contributed by atoms with Crippen molar-refractivity contribution < 1.29 is 4.92 Å². The van der Waals surface area contributed by atoms with Crippen LogP contribution in [0.15, 0.2) is 18.3 Å². The molecule has 0 aromatic carbocycles. The predicted molar refractivity (Wildman–Crippen MR) is 66.6 cm³/mol. The normalized spacial score (nSPS) is 10.3. The van der Waals surface area contributed by atoms with Gasteiger partial charge in [-0.3, -0.25) is 15.2 Å². The highest BCUT2D eigenvalue weighted by Crippen LogP contribution is 2.21. The number of nitrogens with one attached hydrogen (secondary N) is 2. The number of aromatic nitrogens is 3. The molecule has 0 unspecified atom stereocenters. The van der Waals surface area contributed by atoms with Crippen LogP contribution in [-0.2, 0) is 6.54 Å². The topological polar surface area (TPSA) is 96.7 Å². The van der Waals surface area contributed by atoms with E-state index >= 15 is 0 Å². The molecule has 0 amide bonds. The number of pyridine rings is 1. The molecule has 2 heterocycles. The first kappa shape index (κ1) is 12.3. The zero-order valence-corrected chi connectivity index (χ0v) is 10.2. The summed E-state index contributed by atoms with van der Waals surface area (Å²) >= 11 is 5.71. The van der Waals surface area contributed by atoms with Gasteiger partial charge in [-0.15, -0.1) is 0 Å². The monoisotopic (exact) mass is 267 g/mol. The van der Waals surface area contributed by atoms with E-state index in [1.165, 1.54) is 12.1 Å². The molecule has 18 heavy (non-hydrogen) atoms. The van der Waals surface area contributed by atoms with Crippen molar-refractivity contribution in [3.8, 4) is 0 Å². The van der Waals surface area contributed by atoms with Crippen molar-refractivity contribution in [1.29, 1.82) is 0 Å². The van der Waals surface area contributed by atoms with E-state index in [0.29, 0.717) is 12.4 Å². The summed E-state index contributed by atoms with van der Waals surface area (Å²) in [6, 6.07) is 2.54. The third kappa shape index (κ3) is 2.75. The summed E-state index contributed by atoms with van der Waals surface area (Å²) < 4.78 is 0. The fourth-order valence-electron chi connectivity index (χ4n) is 1.42. The molecule has 0 aliphatic carbocycles. The molecule has 94 valence electrons. The Morgan fingerprint density at radius 1 is 1.56 bits per heavy atom. The third-order valence-electron chi connectivity index (χ3n) is 2.38. The number of aromatic amines is 1. The molecule has 0 fully saturated rings. The van der Waals surface area contributed by atoms with Gasteiger partial charge in [0.15, 0.2) is 0 Å². The summed E-state index contributed by atoms with van der Waals surface area (Å²) in [6.45, 7) is 2.35. The average molecular weight is 268 g/mol. The highest BCUT2D eigenvalue weighted by Gasteiger charge is 2.10. The van der Waals surface area contributed by atoms with Crippen molar-refractivity contribution in [1.82, 2.24) is 15.2 Å². The highest BCUT2D eigenvalue weighted by atomic mass is 35.5. The first-order valence-corrected chi connectivity index (χ1v) is 5.49. The van der Waals surface area contributed by atoms with E-state index in [0.717, 1.165) is 11.3 Å². The van der Waals surface area contributed by atoms with Crippen molar-refractivity contribution in [2.75, 3.05) is 5.32 Å². The van der Waals surface area contributed by atoms with E-state index < -0.39 is 4.92 Å². The number of halogens is 1. The lowest BCUT2D eigenvalue weighted by molar-refractivity contribution is -0.384. The Hall–Kier alpha value is -2.15. The molecular formula is C10H10ClN5O2. The molecule has 0 aliphatic rings. The van der Waals surface area contributed by atoms with Crippen LogP contribution in [0.1, 0.15) is 11.3 Å². The molecule has 0 atom stereocenters. The second kappa shape index (κ2) is 5.01. The van der Waals surface area contributed by atoms with Crippen LogP contribution in [0.3, 0.4) is 0 Å². The third-order valence-corrected chi connectivity index (χ3v) is 2.58. The van der Waals surface area contributed by atoms with Gasteiger partial charge in [-0.05, 0) is 6.92 Å². The molecule has 2 rings (SSSR count). The summed E-state index contributed by atoms with van der Waals surface area (Å²) in [4.78, 5) is 14.1. The van der Waals surface area contributed by atoms with Gasteiger partial charge >= 0.3 is 0 Å². The molecule has 2 aromatic heterocycles. The summed E-state index contributed by atoms with van der Waals surface area (Å²) in [5, 5.41) is 20.4. The highest BCUT2D eigenvalue weighted by molar-refractivity contribution is 6.29. The Morgan fingerprint density at radius 3 is 2.94 bits per heavy atom. The van der Waals surface area contributed by atoms with Crippen LogP contribution < -0.4 is 5.32 Å². The first-order chi connectivity index (χ1) is 8.56. The van der Waals surface area contributed by atoms with Gasteiger partial charge in [-0.1, -0.05) is 11.6 Å². The van der Waals surface area contributed by atoms with Gasteiger partial charge in [-0.2, -0.15) is 5.10 Å². The number of nitro groups is 1. The second-order valence-corrected chi connectivity index (χ2v) is 4.05. The van der Waals surface area contributed by atoms with Gasteiger partial charge in [0.05, 0.1) is 23.3 Å². The van der Waals surface area contributed by atoms with Crippen LogP contribution >= 0.6 is 11.6 Å². The molecule has 8 heteroatoms. The van der Waals surface area contributed by atoms with Gasteiger partial charge < -0.3 is 5.32 Å². The van der Waals surface area contributed by atoms with E-state index in [1.54, 1.807) is 6.20 Å². The molecule has 0 saturated carbocycles. The molecule has 0 bridgehead atoms. The molecule has 0 radical (unpaired) electrons. The lowest BCUT2D eigenvalue weighted by Crippen LogP contribution is -2.02. The number of hydrogen-bond donors (Lipinski definition) is 2. The number of rotatable bonds is 4. The number of nitrogens with zero attached hydrogens (tertiary/aromatic N) is 3. The van der Waals surface area contributed by atoms with E-state index in [2.05, 4.69) is 20.5 Å². The second-order valence-electron chi connectivity index (χ2n) is 3.66. The lowest BCUT2D eigenvalue weighted by Gasteiger charge is -2.05. The maximum absolute atomic E-state index is 10.7. The zero-order valence-electron chi connectivity index (χ0n) is 9.48. The summed E-state index contributed by atoms with van der Waals surface area (Å²) in [6.07, 6.45) is 1.68. The molecule has 7 nitrogen and oxygen atoms in total. The number of H-pyrrole nitrogens is 1. The molecule has 0 saturated heterocycles. The van der Waals surface area contributed by atoms with Crippen LogP contribution in [0.25, 0.3) is 0 Å². The minimum absolute atomic E-state index is 0.0793. The quantitative estimate of drug-likeness (QED) is 0.503. The first-order valence-electron chi connectivity index (χ1n) is 5.11. The molecule has 0 aliphatic heterocycles. The van der Waals surface area contributed by atoms with Crippen molar-refractivity contribution in [2.24, 2.45) is 0 Å². The predicted octanol–water partition coefficient (Wildman–Crippen LogP) is 2.29. The number of hydrogen-bond acceptors (Lipinski definition) is 5. The van der Waals surface area contributed by atoms with Crippen LogP contribution in [0.2, 0.25) is 5.15 Å². The summed E-state index contributed by atoms with van der Waals surface area (Å²) in [7, 11) is 0. The van der Waals surface area contributed by atoms with E-state index in [4.69, 9.17) is 11.6 Å². The van der Waals surface area contributed by atoms with E-state index in [-0.39, 0.29) is 10.8 Å². The Labute approximate surface area is 107 Å². The Bertz CT molecular complexity index is 583. The molecule has 0 spiro atoms. The van der Waals surface area contributed by atoms with Crippen molar-refractivity contribution in [2.45, 2.75) is 13.5 Å². The number of aryl methyl sites for hydroxylation is 1. The standard InChI is InChI=1S/C10H10ClN5O2/c1-6-7(5-13-15-6)4-12-10-3-8(16(17)18)2-9(11)14-10/h2-3,5H,4H2,1H3,(H,12,14)(H,13,15). The largest absolute Gasteiger partial charge is 0.366 e. The minimum atomic E-state index is -0.512. The van der Waals surface area contributed by atoms with Gasteiger partial charge in [0.1, 0.15) is 11.0 Å². The van der Waals surface area contributed by atoms with Crippen LogP contribution in [-0.4, -0.2) is 20.1 Å². The van der Waals surface area contributed by atoms with Gasteiger partial charge in [0, 0.05) is 17.8 Å². The van der Waals surface area contributed by atoms with Crippen LogP contribution in [0.4, 0.5) is 11.5 Å². The van der Waals surface area contributed by atoms with Crippen molar-refractivity contribution in [3.63, 3.8) is 0 Å². The molecule has 2 aromatic rings. The maximum atomic E-state index is 10.7. The zero-order chi connectivity index (χ0) is 13.1. The van der Waals surface area contributed by atoms with Crippen LogP contribution in [0.5, 0.6) is 0 Å². The Kier molecular flexibility index (Phi) is 3.42. The minimum Gasteiger partial charge on any atom is -0.366 e. The van der Waals surface area contributed by atoms with E-state index in [1.807, 2.05) is 6.92 Å². The van der Waals surface area contributed by atoms with Crippen LogP contribution in [0, 0.1) is 17.0 Å². The number of anilines is 1.